The van der Waals surface area contributed by atoms with Crippen LogP contribution in [-0.4, -0.2) is 11.2 Å². The maximum atomic E-state index is 5.86. The predicted molar refractivity (Wildman–Crippen MR) is 116 cm³/mol. The number of hydrogen-bond acceptors (Lipinski definition) is 5. The van der Waals surface area contributed by atoms with Crippen LogP contribution in [-0.2, 0) is 6.61 Å². The Morgan fingerprint density at radius 2 is 1.71 bits per heavy atom. The van der Waals surface area contributed by atoms with Crippen LogP contribution in [0, 0.1) is 0 Å². The van der Waals surface area contributed by atoms with E-state index in [9.17, 15) is 0 Å². The normalized spacial score (nSPS) is 10.9. The van der Waals surface area contributed by atoms with Crippen molar-refractivity contribution in [2.24, 2.45) is 5.10 Å². The summed E-state index contributed by atoms with van der Waals surface area (Å²) in [5, 5.41) is 7.07. The van der Waals surface area contributed by atoms with Crippen molar-refractivity contribution >= 4 is 22.7 Å². The zero-order chi connectivity index (χ0) is 19.0. The van der Waals surface area contributed by atoms with E-state index >= 15 is 0 Å². The molecule has 0 saturated carbocycles. The summed E-state index contributed by atoms with van der Waals surface area (Å²) in [7, 11) is 0. The van der Waals surface area contributed by atoms with Crippen LogP contribution in [0.3, 0.4) is 0 Å². The van der Waals surface area contributed by atoms with E-state index in [0.717, 1.165) is 33.3 Å². The molecular formula is C23H19N3OS. The zero-order valence-corrected chi connectivity index (χ0v) is 16.0. The first kappa shape index (κ1) is 17.9. The molecule has 0 aliphatic heterocycles. The van der Waals surface area contributed by atoms with Crippen molar-refractivity contribution in [1.29, 1.82) is 0 Å². The lowest BCUT2D eigenvalue weighted by Crippen LogP contribution is -1.96. The summed E-state index contributed by atoms with van der Waals surface area (Å²) in [6, 6.07) is 28.1. The van der Waals surface area contributed by atoms with Gasteiger partial charge in [-0.15, -0.1) is 11.3 Å². The first-order chi connectivity index (χ1) is 13.9. The number of hydrogen-bond donors (Lipinski definition) is 1. The highest BCUT2D eigenvalue weighted by Crippen LogP contribution is 2.24. The molecule has 0 saturated heterocycles. The van der Waals surface area contributed by atoms with Gasteiger partial charge in [-0.25, -0.2) is 4.98 Å². The van der Waals surface area contributed by atoms with Gasteiger partial charge in [-0.2, -0.15) is 5.10 Å². The number of rotatable bonds is 7. The predicted octanol–water partition coefficient (Wildman–Crippen LogP) is 5.84. The molecule has 0 bridgehead atoms. The Labute approximate surface area is 168 Å². The molecule has 3 aromatic carbocycles. The molecule has 4 rings (SSSR count). The summed E-state index contributed by atoms with van der Waals surface area (Å²) >= 11 is 1.53. The van der Waals surface area contributed by atoms with Gasteiger partial charge in [0.05, 0.1) is 11.9 Å². The van der Waals surface area contributed by atoms with Crippen molar-refractivity contribution in [2.45, 2.75) is 6.61 Å². The van der Waals surface area contributed by atoms with Gasteiger partial charge < -0.3 is 4.74 Å². The van der Waals surface area contributed by atoms with Crippen LogP contribution in [0.1, 0.15) is 11.1 Å². The van der Waals surface area contributed by atoms with Gasteiger partial charge in [0.1, 0.15) is 12.4 Å². The van der Waals surface area contributed by atoms with Gasteiger partial charge in [0.25, 0.3) is 0 Å². The van der Waals surface area contributed by atoms with Gasteiger partial charge in [0.2, 0.25) is 5.13 Å². The van der Waals surface area contributed by atoms with Gasteiger partial charge in [-0.1, -0.05) is 72.8 Å². The standard InChI is InChI=1S/C23H19N3OS/c1-3-8-18(9-4-1)16-27-21-13-7-10-19(14-21)15-24-26-23-25-22(17-28-23)20-11-5-2-6-12-20/h1-15,17H,16H2,(H,25,26)/b24-15+. The van der Waals surface area contributed by atoms with E-state index < -0.39 is 0 Å². The highest BCUT2D eigenvalue weighted by atomic mass is 32.1. The van der Waals surface area contributed by atoms with Crippen LogP contribution >= 0.6 is 11.3 Å². The molecule has 4 nitrogen and oxygen atoms in total. The van der Waals surface area contributed by atoms with Crippen molar-refractivity contribution in [2.75, 3.05) is 5.43 Å². The molecule has 0 radical (unpaired) electrons. The van der Waals surface area contributed by atoms with Gasteiger partial charge in [-0.05, 0) is 23.3 Å². The number of anilines is 1. The summed E-state index contributed by atoms with van der Waals surface area (Å²) in [6.07, 6.45) is 1.76. The second-order valence-corrected chi connectivity index (χ2v) is 6.98. The van der Waals surface area contributed by atoms with Crippen LogP contribution in [0.25, 0.3) is 11.3 Å². The van der Waals surface area contributed by atoms with Crippen LogP contribution < -0.4 is 10.2 Å². The molecule has 28 heavy (non-hydrogen) atoms. The summed E-state index contributed by atoms with van der Waals surface area (Å²) in [5.74, 6) is 0.813. The van der Waals surface area contributed by atoms with Crippen LogP contribution in [0.4, 0.5) is 5.13 Å². The van der Waals surface area contributed by atoms with E-state index in [4.69, 9.17) is 4.74 Å². The molecule has 0 aliphatic carbocycles. The first-order valence-electron chi connectivity index (χ1n) is 8.94. The van der Waals surface area contributed by atoms with Crippen molar-refractivity contribution in [3.63, 3.8) is 0 Å². The molecule has 1 aromatic heterocycles. The van der Waals surface area contributed by atoms with Crippen molar-refractivity contribution < 1.29 is 4.74 Å². The topological polar surface area (TPSA) is 46.5 Å². The van der Waals surface area contributed by atoms with E-state index in [1.807, 2.05) is 90.3 Å². The highest BCUT2D eigenvalue weighted by molar-refractivity contribution is 7.14. The number of nitrogens with one attached hydrogen (secondary N) is 1. The average Bonchev–Trinajstić information content (AvgIpc) is 3.23. The third-order valence-corrected chi connectivity index (χ3v) is 4.80. The summed E-state index contributed by atoms with van der Waals surface area (Å²) in [4.78, 5) is 4.56. The summed E-state index contributed by atoms with van der Waals surface area (Å²) in [5.41, 5.74) is 7.13. The molecule has 0 unspecified atom stereocenters. The van der Waals surface area contributed by atoms with Crippen LogP contribution in [0.15, 0.2) is 95.4 Å². The Morgan fingerprint density at radius 1 is 0.929 bits per heavy atom. The van der Waals surface area contributed by atoms with Gasteiger partial charge in [0, 0.05) is 10.9 Å². The molecule has 0 atom stereocenters. The lowest BCUT2D eigenvalue weighted by molar-refractivity contribution is 0.306. The number of hydrazone groups is 1. The maximum Gasteiger partial charge on any atom is 0.203 e. The second-order valence-electron chi connectivity index (χ2n) is 6.12. The zero-order valence-electron chi connectivity index (χ0n) is 15.2. The number of aromatic nitrogens is 1. The Bertz CT molecular complexity index is 1050. The number of nitrogens with zero attached hydrogens (tertiary/aromatic N) is 2. The fourth-order valence-electron chi connectivity index (χ4n) is 2.65. The Morgan fingerprint density at radius 3 is 2.54 bits per heavy atom. The van der Waals surface area contributed by atoms with E-state index in [1.165, 1.54) is 11.3 Å². The molecule has 4 aromatic rings. The highest BCUT2D eigenvalue weighted by Gasteiger charge is 2.03. The molecule has 0 aliphatic rings. The minimum Gasteiger partial charge on any atom is -0.489 e. The van der Waals surface area contributed by atoms with E-state index in [0.29, 0.717) is 6.61 Å². The molecule has 0 fully saturated rings. The smallest absolute Gasteiger partial charge is 0.203 e. The summed E-state index contributed by atoms with van der Waals surface area (Å²) in [6.45, 7) is 0.543. The molecule has 1 N–H and O–H groups in total. The fraction of sp³-hybridized carbons (Fsp3) is 0.0435. The fourth-order valence-corrected chi connectivity index (χ4v) is 3.32. The Balaban J connectivity index is 1.35. The van der Waals surface area contributed by atoms with Gasteiger partial charge in [0.15, 0.2) is 0 Å². The Kier molecular flexibility index (Phi) is 5.75. The average molecular weight is 385 g/mol. The molecule has 5 heteroatoms. The van der Waals surface area contributed by atoms with Crippen LogP contribution in [0.2, 0.25) is 0 Å². The maximum absolute atomic E-state index is 5.86. The number of ether oxygens (including phenoxy) is 1. The van der Waals surface area contributed by atoms with Crippen molar-refractivity contribution in [3.05, 3.63) is 101 Å². The largest absolute Gasteiger partial charge is 0.489 e. The minimum absolute atomic E-state index is 0.543. The molecular weight excluding hydrogens is 366 g/mol. The number of thiazole rings is 1. The lowest BCUT2D eigenvalue weighted by atomic mass is 10.2. The minimum atomic E-state index is 0.543. The van der Waals surface area contributed by atoms with Crippen molar-refractivity contribution in [1.82, 2.24) is 4.98 Å². The number of benzene rings is 3. The molecule has 138 valence electrons. The molecule has 0 spiro atoms. The van der Waals surface area contributed by atoms with Crippen LogP contribution in [0.5, 0.6) is 5.75 Å². The quantitative estimate of drug-likeness (QED) is 0.321. The van der Waals surface area contributed by atoms with Crippen molar-refractivity contribution in [3.8, 4) is 17.0 Å². The van der Waals surface area contributed by atoms with E-state index in [2.05, 4.69) is 15.5 Å². The van der Waals surface area contributed by atoms with E-state index in [1.54, 1.807) is 6.21 Å². The monoisotopic (exact) mass is 385 g/mol. The van der Waals surface area contributed by atoms with E-state index in [-0.39, 0.29) is 0 Å². The summed E-state index contributed by atoms with van der Waals surface area (Å²) < 4.78 is 5.86. The Hall–Kier alpha value is -3.44. The first-order valence-corrected chi connectivity index (χ1v) is 9.81. The third kappa shape index (κ3) is 4.84. The van der Waals surface area contributed by atoms with Gasteiger partial charge >= 0.3 is 0 Å². The second kappa shape index (κ2) is 8.97. The SMILES string of the molecule is C(=N\Nc1nc(-c2ccccc2)cs1)/c1cccc(OCc2ccccc2)c1. The molecule has 0 amide bonds. The van der Waals surface area contributed by atoms with Gasteiger partial charge in [-0.3, -0.25) is 5.43 Å². The lowest BCUT2D eigenvalue weighted by Gasteiger charge is -2.06. The third-order valence-electron chi connectivity index (χ3n) is 4.05. The molecule has 1 heterocycles.